The Morgan fingerprint density at radius 1 is 1.47 bits per heavy atom. The summed E-state index contributed by atoms with van der Waals surface area (Å²) >= 11 is 0. The van der Waals surface area contributed by atoms with Crippen LogP contribution in [-0.2, 0) is 20.1 Å². The van der Waals surface area contributed by atoms with Crippen LogP contribution >= 0.6 is 0 Å². The summed E-state index contributed by atoms with van der Waals surface area (Å²) in [6.07, 6.45) is 2.29. The van der Waals surface area contributed by atoms with Gasteiger partial charge in [0.1, 0.15) is 12.3 Å². The lowest BCUT2D eigenvalue weighted by molar-refractivity contribution is 0.282. The maximum absolute atomic E-state index is 13.8. The Hall–Kier alpha value is -1.95. The standard InChI is InChI=1S/C13H17FN4O/c1-9(15)6-10-4-3-5-12(14)13(10)19-8-11-7-18(2)17-16-11/h3-5,7,9H,6,8,15H2,1-2H3. The van der Waals surface area contributed by atoms with Gasteiger partial charge in [0.25, 0.3) is 0 Å². The van der Waals surface area contributed by atoms with Gasteiger partial charge in [0.2, 0.25) is 0 Å². The van der Waals surface area contributed by atoms with Gasteiger partial charge in [-0.25, -0.2) is 4.39 Å². The Labute approximate surface area is 111 Å². The molecule has 0 spiro atoms. The molecule has 1 unspecified atom stereocenters. The van der Waals surface area contributed by atoms with E-state index >= 15 is 0 Å². The van der Waals surface area contributed by atoms with E-state index in [-0.39, 0.29) is 24.2 Å². The first kappa shape index (κ1) is 13.5. The summed E-state index contributed by atoms with van der Waals surface area (Å²) in [4.78, 5) is 0. The van der Waals surface area contributed by atoms with Crippen LogP contribution in [-0.4, -0.2) is 21.0 Å². The highest BCUT2D eigenvalue weighted by atomic mass is 19.1. The predicted molar refractivity (Wildman–Crippen MR) is 69.1 cm³/mol. The van der Waals surface area contributed by atoms with Crippen molar-refractivity contribution in [1.29, 1.82) is 0 Å². The van der Waals surface area contributed by atoms with Gasteiger partial charge in [-0.05, 0) is 25.0 Å². The van der Waals surface area contributed by atoms with Crippen LogP contribution in [0, 0.1) is 5.82 Å². The third-order valence-corrected chi connectivity index (χ3v) is 2.60. The average Bonchev–Trinajstić information content (AvgIpc) is 2.73. The third kappa shape index (κ3) is 3.51. The number of hydrogen-bond donors (Lipinski definition) is 1. The minimum atomic E-state index is -0.387. The van der Waals surface area contributed by atoms with Gasteiger partial charge in [-0.3, -0.25) is 4.68 Å². The van der Waals surface area contributed by atoms with Gasteiger partial charge >= 0.3 is 0 Å². The SMILES string of the molecule is CC(N)Cc1cccc(F)c1OCc1cn(C)nn1. The summed E-state index contributed by atoms with van der Waals surface area (Å²) < 4.78 is 20.9. The van der Waals surface area contributed by atoms with Crippen LogP contribution in [0.25, 0.3) is 0 Å². The van der Waals surface area contributed by atoms with Gasteiger partial charge in [0, 0.05) is 13.1 Å². The summed E-state index contributed by atoms with van der Waals surface area (Å²) in [5.74, 6) is -0.146. The Kier molecular flexibility index (Phi) is 4.11. The molecule has 19 heavy (non-hydrogen) atoms. The second kappa shape index (κ2) is 5.79. The van der Waals surface area contributed by atoms with E-state index in [0.717, 1.165) is 5.56 Å². The van der Waals surface area contributed by atoms with Crippen molar-refractivity contribution in [3.05, 3.63) is 41.5 Å². The Morgan fingerprint density at radius 3 is 2.89 bits per heavy atom. The Balaban J connectivity index is 2.14. The minimum Gasteiger partial charge on any atom is -0.484 e. The number of halogens is 1. The molecule has 0 fully saturated rings. The summed E-state index contributed by atoms with van der Waals surface area (Å²) in [5, 5.41) is 7.69. The van der Waals surface area contributed by atoms with Crippen LogP contribution in [0.5, 0.6) is 5.75 Å². The van der Waals surface area contributed by atoms with Crippen LogP contribution < -0.4 is 10.5 Å². The predicted octanol–water partition coefficient (Wildman–Crippen LogP) is 1.42. The molecular weight excluding hydrogens is 247 g/mol. The number of rotatable bonds is 5. The van der Waals surface area contributed by atoms with E-state index in [1.54, 1.807) is 24.0 Å². The van der Waals surface area contributed by atoms with Crippen LogP contribution in [0.15, 0.2) is 24.4 Å². The highest BCUT2D eigenvalue weighted by molar-refractivity contribution is 5.35. The number of ether oxygens (including phenoxy) is 1. The minimum absolute atomic E-state index is 0.0549. The van der Waals surface area contributed by atoms with Gasteiger partial charge in [-0.2, -0.15) is 0 Å². The van der Waals surface area contributed by atoms with Gasteiger partial charge in [0.05, 0.1) is 6.20 Å². The van der Waals surface area contributed by atoms with Crippen molar-refractivity contribution >= 4 is 0 Å². The molecular formula is C13H17FN4O. The highest BCUT2D eigenvalue weighted by Gasteiger charge is 2.12. The molecule has 0 aliphatic carbocycles. The molecule has 2 N–H and O–H groups in total. The lowest BCUT2D eigenvalue weighted by Crippen LogP contribution is -2.18. The van der Waals surface area contributed by atoms with Crippen LogP contribution in [0.3, 0.4) is 0 Å². The fourth-order valence-corrected chi connectivity index (χ4v) is 1.83. The number of aromatic nitrogens is 3. The van der Waals surface area contributed by atoms with E-state index < -0.39 is 0 Å². The largest absolute Gasteiger partial charge is 0.484 e. The van der Waals surface area contributed by atoms with Crippen LogP contribution in [0.4, 0.5) is 4.39 Å². The molecule has 0 aliphatic rings. The monoisotopic (exact) mass is 264 g/mol. The van der Waals surface area contributed by atoms with Crippen molar-refractivity contribution in [2.75, 3.05) is 0 Å². The molecule has 0 aliphatic heterocycles. The summed E-state index contributed by atoms with van der Waals surface area (Å²) in [6, 6.07) is 4.79. The zero-order valence-corrected chi connectivity index (χ0v) is 11.0. The van der Waals surface area contributed by atoms with Crippen molar-refractivity contribution in [1.82, 2.24) is 15.0 Å². The van der Waals surface area contributed by atoms with Crippen molar-refractivity contribution in [2.45, 2.75) is 26.0 Å². The third-order valence-electron chi connectivity index (χ3n) is 2.60. The second-order valence-corrected chi connectivity index (χ2v) is 4.58. The maximum Gasteiger partial charge on any atom is 0.165 e. The molecule has 0 saturated heterocycles. The molecule has 6 heteroatoms. The fourth-order valence-electron chi connectivity index (χ4n) is 1.83. The van der Waals surface area contributed by atoms with E-state index in [2.05, 4.69) is 10.3 Å². The van der Waals surface area contributed by atoms with Crippen molar-refractivity contribution in [3.63, 3.8) is 0 Å². The van der Waals surface area contributed by atoms with E-state index in [4.69, 9.17) is 10.5 Å². The molecule has 0 radical (unpaired) electrons. The lowest BCUT2D eigenvalue weighted by Gasteiger charge is -2.13. The maximum atomic E-state index is 13.8. The molecule has 102 valence electrons. The molecule has 1 heterocycles. The smallest absolute Gasteiger partial charge is 0.165 e. The van der Waals surface area contributed by atoms with Crippen molar-refractivity contribution in [3.8, 4) is 5.75 Å². The zero-order valence-electron chi connectivity index (χ0n) is 11.0. The first-order valence-corrected chi connectivity index (χ1v) is 6.07. The molecule has 0 bridgehead atoms. The fraction of sp³-hybridized carbons (Fsp3) is 0.385. The summed E-state index contributed by atoms with van der Waals surface area (Å²) in [6.45, 7) is 2.05. The molecule has 2 aromatic rings. The normalized spacial score (nSPS) is 12.4. The van der Waals surface area contributed by atoms with Crippen molar-refractivity contribution in [2.24, 2.45) is 12.8 Å². The molecule has 1 aromatic heterocycles. The number of hydrogen-bond acceptors (Lipinski definition) is 4. The number of nitrogens with zero attached hydrogens (tertiary/aromatic N) is 3. The zero-order chi connectivity index (χ0) is 13.8. The van der Waals surface area contributed by atoms with Gasteiger partial charge < -0.3 is 10.5 Å². The quantitative estimate of drug-likeness (QED) is 0.887. The average molecular weight is 264 g/mol. The molecule has 0 amide bonds. The molecule has 1 aromatic carbocycles. The first-order chi connectivity index (χ1) is 9.06. The Bertz CT molecular complexity index is 553. The number of nitrogens with two attached hydrogens (primary N) is 1. The van der Waals surface area contributed by atoms with Gasteiger partial charge in [0.15, 0.2) is 11.6 Å². The summed E-state index contributed by atoms with van der Waals surface area (Å²) in [5.41, 5.74) is 7.16. The van der Waals surface area contributed by atoms with E-state index in [1.807, 2.05) is 13.0 Å². The number of para-hydroxylation sites is 1. The molecule has 2 rings (SSSR count). The van der Waals surface area contributed by atoms with Gasteiger partial charge in [-0.1, -0.05) is 17.3 Å². The molecule has 1 atom stereocenters. The Morgan fingerprint density at radius 2 is 2.26 bits per heavy atom. The van der Waals surface area contributed by atoms with Crippen LogP contribution in [0.2, 0.25) is 0 Å². The van der Waals surface area contributed by atoms with Crippen molar-refractivity contribution < 1.29 is 9.13 Å². The second-order valence-electron chi connectivity index (χ2n) is 4.58. The highest BCUT2D eigenvalue weighted by Crippen LogP contribution is 2.24. The molecule has 0 saturated carbocycles. The summed E-state index contributed by atoms with van der Waals surface area (Å²) in [7, 11) is 1.77. The van der Waals surface area contributed by atoms with Crippen LogP contribution in [0.1, 0.15) is 18.2 Å². The lowest BCUT2D eigenvalue weighted by atomic mass is 10.1. The van der Waals surface area contributed by atoms with E-state index in [9.17, 15) is 4.39 Å². The van der Waals surface area contributed by atoms with E-state index in [1.165, 1.54) is 6.07 Å². The topological polar surface area (TPSA) is 66.0 Å². The number of aryl methyl sites for hydroxylation is 1. The van der Waals surface area contributed by atoms with E-state index in [0.29, 0.717) is 12.1 Å². The number of benzene rings is 1. The molecule has 5 nitrogen and oxygen atoms in total. The first-order valence-electron chi connectivity index (χ1n) is 6.07. The van der Waals surface area contributed by atoms with Gasteiger partial charge in [-0.15, -0.1) is 5.10 Å².